The van der Waals surface area contributed by atoms with Crippen LogP contribution in [-0.4, -0.2) is 95.0 Å². The van der Waals surface area contributed by atoms with E-state index in [1.165, 1.54) is 12.8 Å². The molecule has 2 aliphatic heterocycles. The van der Waals surface area contributed by atoms with Gasteiger partial charge in [0.1, 0.15) is 0 Å². The number of hydrogen-bond donors (Lipinski definition) is 1. The second kappa shape index (κ2) is 11.2. The minimum absolute atomic E-state index is 0.298. The first-order chi connectivity index (χ1) is 15.7. The number of guanidine groups is 1. The molecule has 32 heavy (non-hydrogen) atoms. The molecule has 3 heterocycles. The summed E-state index contributed by atoms with van der Waals surface area (Å²) in [4.78, 5) is 28.8. The largest absolute Gasteiger partial charge is 0.357 e. The molecule has 1 N–H and O–H groups in total. The molecule has 4 rings (SSSR count). The fourth-order valence-electron chi connectivity index (χ4n) is 5.44. The van der Waals surface area contributed by atoms with E-state index in [4.69, 9.17) is 4.99 Å². The molecule has 178 valence electrons. The van der Waals surface area contributed by atoms with Gasteiger partial charge in [0.15, 0.2) is 5.96 Å². The molecule has 1 aromatic rings. The average molecular weight is 444 g/mol. The van der Waals surface area contributed by atoms with Crippen LogP contribution >= 0.6 is 0 Å². The minimum Gasteiger partial charge on any atom is -0.357 e. The predicted molar refractivity (Wildman–Crippen MR) is 128 cm³/mol. The van der Waals surface area contributed by atoms with Crippen molar-refractivity contribution in [3.05, 3.63) is 18.7 Å². The lowest BCUT2D eigenvalue weighted by Gasteiger charge is -2.39. The van der Waals surface area contributed by atoms with Crippen LogP contribution in [0.5, 0.6) is 0 Å². The van der Waals surface area contributed by atoms with Gasteiger partial charge in [-0.15, -0.1) is 0 Å². The molecule has 0 spiro atoms. The van der Waals surface area contributed by atoms with Gasteiger partial charge in [0.2, 0.25) is 5.91 Å². The zero-order chi connectivity index (χ0) is 22.3. The molecule has 0 bridgehead atoms. The molecule has 1 amide bonds. The number of likely N-dealkylation sites (tertiary alicyclic amines) is 1. The first-order valence-electron chi connectivity index (χ1n) is 12.7. The van der Waals surface area contributed by atoms with Crippen LogP contribution in [0.1, 0.15) is 52.0 Å². The summed E-state index contributed by atoms with van der Waals surface area (Å²) in [6.07, 6.45) is 11.7. The highest BCUT2D eigenvalue weighted by Gasteiger charge is 2.30. The van der Waals surface area contributed by atoms with Crippen molar-refractivity contribution in [2.75, 3.05) is 58.9 Å². The quantitative estimate of drug-likeness (QED) is 0.538. The van der Waals surface area contributed by atoms with Gasteiger partial charge in [-0.25, -0.2) is 4.98 Å². The Bertz CT molecular complexity index is 736. The van der Waals surface area contributed by atoms with E-state index in [2.05, 4.69) is 49.6 Å². The Labute approximate surface area is 193 Å². The molecule has 3 aliphatic rings. The minimum atomic E-state index is 0.298. The van der Waals surface area contributed by atoms with Crippen molar-refractivity contribution in [2.45, 2.75) is 52.0 Å². The Morgan fingerprint density at radius 2 is 1.88 bits per heavy atom. The number of carbonyl (C=O) groups is 1. The zero-order valence-corrected chi connectivity index (χ0v) is 20.0. The molecule has 1 saturated carbocycles. The van der Waals surface area contributed by atoms with Crippen molar-refractivity contribution in [1.29, 1.82) is 0 Å². The van der Waals surface area contributed by atoms with Crippen LogP contribution in [0.3, 0.4) is 0 Å². The second-order valence-electron chi connectivity index (χ2n) is 9.67. The lowest BCUT2D eigenvalue weighted by molar-refractivity contribution is -0.137. The van der Waals surface area contributed by atoms with Crippen LogP contribution in [0.15, 0.2) is 23.7 Å². The van der Waals surface area contributed by atoms with E-state index in [1.807, 2.05) is 12.5 Å². The van der Waals surface area contributed by atoms with Crippen molar-refractivity contribution >= 4 is 11.9 Å². The molecule has 8 nitrogen and oxygen atoms in total. The first kappa shape index (κ1) is 23.1. The number of hydrogen-bond acceptors (Lipinski definition) is 4. The molecule has 0 radical (unpaired) electrons. The number of aromatic nitrogens is 2. The van der Waals surface area contributed by atoms with Gasteiger partial charge in [0.05, 0.1) is 18.9 Å². The molecule has 8 heteroatoms. The Kier molecular flexibility index (Phi) is 8.05. The molecule has 0 aromatic carbocycles. The molecule has 3 fully saturated rings. The molecule has 1 aromatic heterocycles. The third-order valence-electron chi connectivity index (χ3n) is 7.53. The van der Waals surface area contributed by atoms with Crippen LogP contribution in [0.2, 0.25) is 0 Å². The van der Waals surface area contributed by atoms with Gasteiger partial charge in [-0.2, -0.15) is 0 Å². The van der Waals surface area contributed by atoms with Crippen LogP contribution < -0.4 is 5.32 Å². The smallest absolute Gasteiger partial charge is 0.225 e. The van der Waals surface area contributed by atoms with E-state index < -0.39 is 0 Å². The highest BCUT2D eigenvalue weighted by atomic mass is 16.2. The summed E-state index contributed by atoms with van der Waals surface area (Å²) in [7, 11) is 0. The lowest BCUT2D eigenvalue weighted by Crippen LogP contribution is -2.51. The summed E-state index contributed by atoms with van der Waals surface area (Å²) in [6.45, 7) is 12.8. The summed E-state index contributed by atoms with van der Waals surface area (Å²) >= 11 is 0. The van der Waals surface area contributed by atoms with Crippen LogP contribution in [0.25, 0.3) is 0 Å². The highest BCUT2D eigenvalue weighted by Crippen LogP contribution is 2.28. The van der Waals surface area contributed by atoms with E-state index in [9.17, 15) is 4.79 Å². The first-order valence-corrected chi connectivity index (χ1v) is 12.7. The van der Waals surface area contributed by atoms with Crippen molar-refractivity contribution in [2.24, 2.45) is 16.8 Å². The fourth-order valence-corrected chi connectivity index (χ4v) is 5.44. The number of piperidine rings is 1. The average Bonchev–Trinajstić information content (AvgIpc) is 3.53. The number of aliphatic imine (C=N–C) groups is 1. The number of carbonyl (C=O) groups excluding carboxylic acids is 1. The normalized spacial score (nSPS) is 26.0. The molecule has 2 atom stereocenters. The molecular formula is C24H41N7O. The number of amides is 1. The Morgan fingerprint density at radius 1 is 1.09 bits per heavy atom. The van der Waals surface area contributed by atoms with Crippen molar-refractivity contribution in [3.8, 4) is 0 Å². The number of nitrogens with zero attached hydrogens (tertiary/aromatic N) is 6. The van der Waals surface area contributed by atoms with E-state index in [0.717, 1.165) is 84.1 Å². The summed E-state index contributed by atoms with van der Waals surface area (Å²) in [5, 5.41) is 3.50. The van der Waals surface area contributed by atoms with Gasteiger partial charge in [-0.1, -0.05) is 19.8 Å². The summed E-state index contributed by atoms with van der Waals surface area (Å²) in [5.41, 5.74) is 0. The third-order valence-corrected chi connectivity index (χ3v) is 7.53. The maximum Gasteiger partial charge on any atom is 0.225 e. The Balaban J connectivity index is 1.26. The van der Waals surface area contributed by atoms with E-state index in [-0.39, 0.29) is 0 Å². The Hall–Kier alpha value is -2.09. The predicted octanol–water partition coefficient (Wildman–Crippen LogP) is 2.07. The van der Waals surface area contributed by atoms with Crippen molar-refractivity contribution < 1.29 is 4.79 Å². The molecule has 1 aliphatic carbocycles. The number of rotatable bonds is 6. The topological polar surface area (TPSA) is 69.0 Å². The summed E-state index contributed by atoms with van der Waals surface area (Å²) in [6, 6.07) is 0.431. The number of nitrogens with one attached hydrogen (secondary N) is 1. The fraction of sp³-hybridized carbons (Fsp3) is 0.792. The SMILES string of the molecule is CCNC(=NCCN1CCN(C(=O)C2CCCC2)CC1)N1CCC(C)C(n2ccnc2)C1. The van der Waals surface area contributed by atoms with Crippen LogP contribution in [-0.2, 0) is 4.79 Å². The maximum absolute atomic E-state index is 12.7. The summed E-state index contributed by atoms with van der Waals surface area (Å²) in [5.74, 6) is 2.36. The van der Waals surface area contributed by atoms with Gasteiger partial charge >= 0.3 is 0 Å². The van der Waals surface area contributed by atoms with E-state index in [1.54, 1.807) is 0 Å². The second-order valence-corrected chi connectivity index (χ2v) is 9.67. The maximum atomic E-state index is 12.7. The van der Waals surface area contributed by atoms with Gasteiger partial charge in [0, 0.05) is 70.7 Å². The lowest BCUT2D eigenvalue weighted by atomic mass is 9.93. The number of piperazine rings is 1. The van der Waals surface area contributed by atoms with Gasteiger partial charge in [0.25, 0.3) is 0 Å². The van der Waals surface area contributed by atoms with E-state index >= 15 is 0 Å². The molecule has 2 unspecified atom stereocenters. The third kappa shape index (κ3) is 5.63. The Morgan fingerprint density at radius 3 is 2.56 bits per heavy atom. The van der Waals surface area contributed by atoms with Crippen LogP contribution in [0.4, 0.5) is 0 Å². The van der Waals surface area contributed by atoms with Gasteiger partial charge < -0.3 is 19.7 Å². The summed E-state index contributed by atoms with van der Waals surface area (Å²) < 4.78 is 2.24. The van der Waals surface area contributed by atoms with Crippen molar-refractivity contribution in [1.82, 2.24) is 29.6 Å². The van der Waals surface area contributed by atoms with E-state index in [0.29, 0.717) is 23.8 Å². The molecule has 2 saturated heterocycles. The highest BCUT2D eigenvalue weighted by molar-refractivity contribution is 5.80. The standard InChI is InChI=1S/C24H41N7O/c1-3-26-24(30-11-8-20(2)22(18-30)31-13-9-25-19-31)27-10-12-28-14-16-29(17-15-28)23(32)21-6-4-5-7-21/h9,13,19-22H,3-8,10-12,14-18H2,1-2H3,(H,26,27). The van der Waals surface area contributed by atoms with Gasteiger partial charge in [-0.3, -0.25) is 14.7 Å². The molecular weight excluding hydrogens is 402 g/mol. The zero-order valence-electron chi connectivity index (χ0n) is 20.0. The van der Waals surface area contributed by atoms with Crippen LogP contribution in [0, 0.1) is 11.8 Å². The number of imidazole rings is 1. The van der Waals surface area contributed by atoms with Gasteiger partial charge in [-0.05, 0) is 32.1 Å². The van der Waals surface area contributed by atoms with Crippen molar-refractivity contribution in [3.63, 3.8) is 0 Å². The monoisotopic (exact) mass is 443 g/mol.